The van der Waals surface area contributed by atoms with E-state index in [4.69, 9.17) is 4.74 Å². The summed E-state index contributed by atoms with van der Waals surface area (Å²) in [5.41, 5.74) is 5.52. The van der Waals surface area contributed by atoms with Gasteiger partial charge in [-0.3, -0.25) is 0 Å². The predicted octanol–water partition coefficient (Wildman–Crippen LogP) is 5.76. The second kappa shape index (κ2) is 7.78. The Kier molecular flexibility index (Phi) is 5.45. The van der Waals surface area contributed by atoms with Crippen LogP contribution in [0.4, 0.5) is 11.5 Å². The quantitative estimate of drug-likeness (QED) is 0.628. The average molecular weight is 361 g/mol. The minimum Gasteiger partial charge on any atom is -0.497 e. The molecule has 3 aromatic rings. The molecular weight excluding hydrogens is 334 g/mol. The third kappa shape index (κ3) is 4.27. The smallest absolute Gasteiger partial charge is 0.137 e. The third-order valence-electron chi connectivity index (χ3n) is 4.66. The molecule has 140 valence electrons. The molecule has 2 aromatic carbocycles. The monoisotopic (exact) mass is 361 g/mol. The van der Waals surface area contributed by atoms with Crippen molar-refractivity contribution >= 4 is 11.5 Å². The maximum atomic E-state index is 5.36. The van der Waals surface area contributed by atoms with Gasteiger partial charge in [-0.15, -0.1) is 0 Å². The van der Waals surface area contributed by atoms with Crippen LogP contribution in [0.3, 0.4) is 0 Å². The molecule has 4 heteroatoms. The van der Waals surface area contributed by atoms with Gasteiger partial charge in [-0.1, -0.05) is 52.0 Å². The number of hydrogen-bond donors (Lipinski definition) is 1. The first kappa shape index (κ1) is 18.9. The van der Waals surface area contributed by atoms with Crippen LogP contribution in [-0.2, 0) is 11.8 Å². The highest BCUT2D eigenvalue weighted by Crippen LogP contribution is 2.30. The van der Waals surface area contributed by atoms with E-state index in [1.54, 1.807) is 13.4 Å². The third-order valence-corrected chi connectivity index (χ3v) is 4.66. The van der Waals surface area contributed by atoms with Crippen LogP contribution in [0.2, 0.25) is 0 Å². The fourth-order valence-corrected chi connectivity index (χ4v) is 3.06. The Labute approximate surface area is 161 Å². The number of anilines is 2. The predicted molar refractivity (Wildman–Crippen MR) is 112 cm³/mol. The van der Waals surface area contributed by atoms with Gasteiger partial charge >= 0.3 is 0 Å². The lowest BCUT2D eigenvalue weighted by Crippen LogP contribution is -2.10. The van der Waals surface area contributed by atoms with Gasteiger partial charge in [0.25, 0.3) is 0 Å². The zero-order chi connectivity index (χ0) is 19.4. The van der Waals surface area contributed by atoms with Gasteiger partial charge in [-0.2, -0.15) is 0 Å². The molecule has 0 bridgehead atoms. The van der Waals surface area contributed by atoms with Crippen molar-refractivity contribution in [2.24, 2.45) is 0 Å². The van der Waals surface area contributed by atoms with Crippen LogP contribution >= 0.6 is 0 Å². The highest BCUT2D eigenvalue weighted by atomic mass is 16.5. The molecule has 0 atom stereocenters. The van der Waals surface area contributed by atoms with Gasteiger partial charge in [-0.25, -0.2) is 9.97 Å². The van der Waals surface area contributed by atoms with E-state index >= 15 is 0 Å². The van der Waals surface area contributed by atoms with Crippen molar-refractivity contribution in [1.29, 1.82) is 0 Å². The molecule has 27 heavy (non-hydrogen) atoms. The van der Waals surface area contributed by atoms with Crippen LogP contribution in [0, 0.1) is 0 Å². The first-order chi connectivity index (χ1) is 12.9. The Balaban J connectivity index is 1.94. The van der Waals surface area contributed by atoms with Crippen molar-refractivity contribution in [1.82, 2.24) is 9.97 Å². The summed E-state index contributed by atoms with van der Waals surface area (Å²) in [6, 6.07) is 16.5. The van der Waals surface area contributed by atoms with Crippen LogP contribution in [0.15, 0.2) is 54.9 Å². The second-order valence-electron chi connectivity index (χ2n) is 7.59. The fourth-order valence-electron chi connectivity index (χ4n) is 3.06. The molecule has 4 nitrogen and oxygen atoms in total. The molecule has 0 saturated heterocycles. The lowest BCUT2D eigenvalue weighted by atomic mass is 9.87. The molecule has 0 aliphatic rings. The van der Waals surface area contributed by atoms with Crippen LogP contribution in [0.5, 0.6) is 5.75 Å². The molecule has 0 spiro atoms. The van der Waals surface area contributed by atoms with E-state index in [0.717, 1.165) is 40.5 Å². The number of methoxy groups -OCH3 is 1. The van der Waals surface area contributed by atoms with Gasteiger partial charge in [0.15, 0.2) is 0 Å². The zero-order valence-electron chi connectivity index (χ0n) is 16.7. The highest BCUT2D eigenvalue weighted by molar-refractivity contribution is 5.72. The van der Waals surface area contributed by atoms with E-state index in [9.17, 15) is 0 Å². The first-order valence-corrected chi connectivity index (χ1v) is 9.28. The van der Waals surface area contributed by atoms with Crippen molar-refractivity contribution in [3.8, 4) is 17.0 Å². The van der Waals surface area contributed by atoms with Crippen LogP contribution in [-0.4, -0.2) is 17.1 Å². The summed E-state index contributed by atoms with van der Waals surface area (Å²) in [5, 5.41) is 3.46. The normalized spacial score (nSPS) is 11.3. The van der Waals surface area contributed by atoms with E-state index in [1.165, 1.54) is 5.56 Å². The number of benzene rings is 2. The number of hydrogen-bond acceptors (Lipinski definition) is 4. The fraction of sp³-hybridized carbons (Fsp3) is 0.304. The molecule has 3 rings (SSSR count). The van der Waals surface area contributed by atoms with E-state index in [1.807, 2.05) is 24.3 Å². The Morgan fingerprint density at radius 1 is 1.00 bits per heavy atom. The maximum absolute atomic E-state index is 5.36. The van der Waals surface area contributed by atoms with E-state index in [2.05, 4.69) is 67.2 Å². The van der Waals surface area contributed by atoms with Crippen molar-refractivity contribution in [2.75, 3.05) is 12.4 Å². The van der Waals surface area contributed by atoms with Crippen LogP contribution in [0.25, 0.3) is 11.3 Å². The average Bonchev–Trinajstić information content (AvgIpc) is 2.67. The lowest BCUT2D eigenvalue weighted by molar-refractivity contribution is 0.415. The van der Waals surface area contributed by atoms with Gasteiger partial charge in [-0.05, 0) is 41.7 Å². The topological polar surface area (TPSA) is 47.0 Å². The molecule has 1 aromatic heterocycles. The lowest BCUT2D eigenvalue weighted by Gasteiger charge is -2.19. The van der Waals surface area contributed by atoms with Crippen molar-refractivity contribution in [3.05, 3.63) is 66.0 Å². The number of aromatic nitrogens is 2. The summed E-state index contributed by atoms with van der Waals surface area (Å²) in [6.45, 7) is 8.77. The Hall–Kier alpha value is -2.88. The summed E-state index contributed by atoms with van der Waals surface area (Å²) in [7, 11) is 1.67. The second-order valence-corrected chi connectivity index (χ2v) is 7.59. The molecule has 1 N–H and O–H groups in total. The van der Waals surface area contributed by atoms with Crippen LogP contribution in [0.1, 0.15) is 38.8 Å². The minimum absolute atomic E-state index is 0.140. The van der Waals surface area contributed by atoms with Crippen molar-refractivity contribution in [3.63, 3.8) is 0 Å². The molecule has 0 aliphatic heterocycles. The molecular formula is C23H27N3O. The molecule has 0 aliphatic carbocycles. The Morgan fingerprint density at radius 2 is 1.74 bits per heavy atom. The maximum Gasteiger partial charge on any atom is 0.137 e. The van der Waals surface area contributed by atoms with Gasteiger partial charge in [0.2, 0.25) is 0 Å². The van der Waals surface area contributed by atoms with Crippen LogP contribution < -0.4 is 10.1 Å². The molecule has 0 saturated carbocycles. The minimum atomic E-state index is 0.140. The van der Waals surface area contributed by atoms with E-state index in [0.29, 0.717) is 0 Å². The van der Waals surface area contributed by atoms with Gasteiger partial charge in [0.05, 0.1) is 12.8 Å². The van der Waals surface area contributed by atoms with Gasteiger partial charge in [0.1, 0.15) is 17.9 Å². The summed E-state index contributed by atoms with van der Waals surface area (Å²) >= 11 is 0. The molecule has 0 fully saturated rings. The summed E-state index contributed by atoms with van der Waals surface area (Å²) < 4.78 is 5.36. The standard InChI is InChI=1S/C23H27N3O/c1-6-20-21(16-8-7-9-19(14-16)27-5)24-15-25-22(20)26-18-12-10-17(11-13-18)23(2,3)4/h7-15H,6H2,1-5H3,(H,24,25,26). The summed E-state index contributed by atoms with van der Waals surface area (Å²) in [5.74, 6) is 1.66. The SMILES string of the molecule is CCc1c(Nc2ccc(C(C)(C)C)cc2)ncnc1-c1cccc(OC)c1. The van der Waals surface area contributed by atoms with E-state index < -0.39 is 0 Å². The van der Waals surface area contributed by atoms with Gasteiger partial charge in [0, 0.05) is 16.8 Å². The largest absolute Gasteiger partial charge is 0.497 e. The van der Waals surface area contributed by atoms with E-state index in [-0.39, 0.29) is 5.41 Å². The number of nitrogens with zero attached hydrogens (tertiary/aromatic N) is 2. The Morgan fingerprint density at radius 3 is 2.37 bits per heavy atom. The number of ether oxygens (including phenoxy) is 1. The molecule has 0 unspecified atom stereocenters. The van der Waals surface area contributed by atoms with Crippen molar-refractivity contribution in [2.45, 2.75) is 39.5 Å². The number of nitrogens with one attached hydrogen (secondary N) is 1. The molecule has 1 heterocycles. The Bertz CT molecular complexity index is 912. The summed E-state index contributed by atoms with van der Waals surface area (Å²) in [4.78, 5) is 9.03. The number of rotatable bonds is 5. The summed E-state index contributed by atoms with van der Waals surface area (Å²) in [6.07, 6.45) is 2.44. The molecule has 0 radical (unpaired) electrons. The highest BCUT2D eigenvalue weighted by Gasteiger charge is 2.15. The van der Waals surface area contributed by atoms with Crippen molar-refractivity contribution < 1.29 is 4.74 Å². The molecule has 0 amide bonds. The van der Waals surface area contributed by atoms with Gasteiger partial charge < -0.3 is 10.1 Å². The zero-order valence-corrected chi connectivity index (χ0v) is 16.7. The first-order valence-electron chi connectivity index (χ1n) is 9.28.